The summed E-state index contributed by atoms with van der Waals surface area (Å²) in [6.45, 7) is 0.570. The fourth-order valence-electron chi connectivity index (χ4n) is 4.12. The molecule has 5 rings (SSSR count). The van der Waals surface area contributed by atoms with Gasteiger partial charge in [0.15, 0.2) is 11.5 Å². The number of ether oxygens (including phenoxy) is 2. The predicted molar refractivity (Wildman–Crippen MR) is 155 cm³/mol. The molecule has 186 valence electrons. The number of hydrogen-bond donors (Lipinski definition) is 0. The molecule has 0 unspecified atom stereocenters. The fraction of sp³-hybridized carbons (Fsp3) is 0.103. The van der Waals surface area contributed by atoms with Gasteiger partial charge in [0.2, 0.25) is 0 Å². The van der Waals surface area contributed by atoms with Crippen LogP contribution in [-0.2, 0) is 17.9 Å². The summed E-state index contributed by atoms with van der Waals surface area (Å²) in [5.74, 6) is 0.764. The largest absolute Gasteiger partial charge is 0.493 e. The number of methoxy groups -OCH3 is 1. The van der Waals surface area contributed by atoms with Crippen molar-refractivity contribution in [3.8, 4) is 11.5 Å². The summed E-state index contributed by atoms with van der Waals surface area (Å²) in [4.78, 5) is 27.3. The number of thioether (sulfide) groups is 1. The van der Waals surface area contributed by atoms with Crippen LogP contribution < -0.4 is 9.47 Å². The molecule has 1 aliphatic rings. The van der Waals surface area contributed by atoms with Crippen LogP contribution in [-0.4, -0.2) is 23.2 Å². The van der Waals surface area contributed by atoms with Gasteiger partial charge in [-0.15, -0.1) is 0 Å². The highest BCUT2D eigenvalue weighted by molar-refractivity contribution is 9.10. The quantitative estimate of drug-likeness (QED) is 0.191. The molecule has 8 heteroatoms. The van der Waals surface area contributed by atoms with Gasteiger partial charge in [-0.1, -0.05) is 76.6 Å². The average Bonchev–Trinajstić information content (AvgIpc) is 3.16. The molecule has 0 atom stereocenters. The first-order valence-electron chi connectivity index (χ1n) is 11.4. The lowest BCUT2D eigenvalue weighted by atomic mass is 10.1. The number of carbonyl (C=O) groups excluding carboxylic acids is 2. The number of rotatable bonds is 7. The first kappa shape index (κ1) is 25.6. The molecule has 1 aliphatic heterocycles. The molecule has 5 nitrogen and oxygen atoms in total. The van der Waals surface area contributed by atoms with Crippen LogP contribution in [0.1, 0.15) is 16.7 Å². The minimum Gasteiger partial charge on any atom is -0.493 e. The monoisotopic (exact) mass is 637 g/mol. The highest BCUT2D eigenvalue weighted by Gasteiger charge is 2.35. The van der Waals surface area contributed by atoms with Crippen molar-refractivity contribution in [2.24, 2.45) is 0 Å². The van der Waals surface area contributed by atoms with Crippen molar-refractivity contribution in [1.82, 2.24) is 4.90 Å². The van der Waals surface area contributed by atoms with Crippen LogP contribution in [0, 0.1) is 0 Å². The van der Waals surface area contributed by atoms with Crippen LogP contribution in [0.5, 0.6) is 11.5 Å². The molecule has 0 aromatic heterocycles. The average molecular weight is 639 g/mol. The fourth-order valence-corrected chi connectivity index (χ4v) is 5.94. The summed E-state index contributed by atoms with van der Waals surface area (Å²) >= 11 is 8.00. The van der Waals surface area contributed by atoms with Gasteiger partial charge < -0.3 is 9.47 Å². The molecule has 4 aromatic rings. The van der Waals surface area contributed by atoms with E-state index in [0.29, 0.717) is 33.0 Å². The lowest BCUT2D eigenvalue weighted by Gasteiger charge is -2.15. The molecule has 1 saturated heterocycles. The lowest BCUT2D eigenvalue weighted by molar-refractivity contribution is -0.123. The van der Waals surface area contributed by atoms with Gasteiger partial charge in [0.25, 0.3) is 11.1 Å². The Labute approximate surface area is 235 Å². The van der Waals surface area contributed by atoms with E-state index in [1.54, 1.807) is 19.3 Å². The van der Waals surface area contributed by atoms with Crippen LogP contribution in [0.2, 0.25) is 0 Å². The van der Waals surface area contributed by atoms with Crippen LogP contribution in [0.4, 0.5) is 4.79 Å². The zero-order valence-electron chi connectivity index (χ0n) is 19.7. The molecule has 37 heavy (non-hydrogen) atoms. The van der Waals surface area contributed by atoms with E-state index in [-0.39, 0.29) is 17.7 Å². The molecular weight excluding hydrogens is 618 g/mol. The van der Waals surface area contributed by atoms with Gasteiger partial charge in [0.05, 0.1) is 23.0 Å². The normalized spacial score (nSPS) is 14.6. The molecular formula is C29H21Br2NO4S. The van der Waals surface area contributed by atoms with Crippen molar-refractivity contribution in [3.63, 3.8) is 0 Å². The Hall–Kier alpha value is -3.07. The number of amides is 2. The Bertz CT molecular complexity index is 1550. The summed E-state index contributed by atoms with van der Waals surface area (Å²) < 4.78 is 13.3. The molecule has 0 spiro atoms. The Kier molecular flexibility index (Phi) is 7.69. The van der Waals surface area contributed by atoms with E-state index in [0.717, 1.165) is 38.1 Å². The van der Waals surface area contributed by atoms with Crippen molar-refractivity contribution < 1.29 is 19.1 Å². The number of hydrogen-bond acceptors (Lipinski definition) is 5. The maximum Gasteiger partial charge on any atom is 0.293 e. The van der Waals surface area contributed by atoms with E-state index in [2.05, 4.69) is 50.1 Å². The second-order valence-corrected chi connectivity index (χ2v) is 11.0. The van der Waals surface area contributed by atoms with Gasteiger partial charge in [-0.05, 0) is 79.4 Å². The second kappa shape index (κ2) is 11.1. The van der Waals surface area contributed by atoms with E-state index >= 15 is 0 Å². The van der Waals surface area contributed by atoms with Crippen molar-refractivity contribution in [2.75, 3.05) is 7.11 Å². The molecule has 1 fully saturated rings. The lowest BCUT2D eigenvalue weighted by Crippen LogP contribution is -2.27. The van der Waals surface area contributed by atoms with E-state index in [4.69, 9.17) is 9.47 Å². The number of halogens is 2. The third-order valence-electron chi connectivity index (χ3n) is 5.96. The Morgan fingerprint density at radius 2 is 1.62 bits per heavy atom. The predicted octanol–water partition coefficient (Wildman–Crippen LogP) is 8.19. The van der Waals surface area contributed by atoms with E-state index in [9.17, 15) is 9.59 Å². The molecule has 0 bridgehead atoms. The smallest absolute Gasteiger partial charge is 0.293 e. The van der Waals surface area contributed by atoms with Crippen LogP contribution >= 0.6 is 43.6 Å². The molecule has 2 amide bonds. The SMILES string of the molecule is COc1cc(/C=C2/SC(=O)N(Cc3ccccc3Br)C2=O)cc(Br)c1OCc1cccc2ccccc12. The Morgan fingerprint density at radius 1 is 0.892 bits per heavy atom. The summed E-state index contributed by atoms with van der Waals surface area (Å²) in [7, 11) is 1.57. The summed E-state index contributed by atoms with van der Waals surface area (Å²) in [6, 6.07) is 25.5. The van der Waals surface area contributed by atoms with Gasteiger partial charge >= 0.3 is 0 Å². The zero-order chi connectivity index (χ0) is 25.9. The highest BCUT2D eigenvalue weighted by atomic mass is 79.9. The summed E-state index contributed by atoms with van der Waals surface area (Å²) in [6.07, 6.45) is 1.70. The maximum absolute atomic E-state index is 13.0. The van der Waals surface area contributed by atoms with Gasteiger partial charge in [0, 0.05) is 4.47 Å². The number of nitrogens with zero attached hydrogens (tertiary/aromatic N) is 1. The first-order chi connectivity index (χ1) is 17.9. The minimum atomic E-state index is -0.322. The molecule has 1 heterocycles. The van der Waals surface area contributed by atoms with E-state index < -0.39 is 0 Å². The standard InChI is InChI=1S/C29H21Br2NO4S/c1-35-25-14-18(15-26-28(33)32(29(34)37-26)16-20-8-3-5-12-23(20)30)13-24(31)27(25)36-17-21-10-6-9-19-7-2-4-11-22(19)21/h2-15H,16-17H2,1H3/b26-15+. The molecule has 0 N–H and O–H groups in total. The number of benzene rings is 4. The zero-order valence-corrected chi connectivity index (χ0v) is 23.7. The molecule has 0 aliphatic carbocycles. The van der Waals surface area contributed by atoms with Crippen molar-refractivity contribution >= 4 is 71.6 Å². The molecule has 0 saturated carbocycles. The minimum absolute atomic E-state index is 0.206. The van der Waals surface area contributed by atoms with E-state index in [1.807, 2.05) is 54.6 Å². The van der Waals surface area contributed by atoms with Gasteiger partial charge in [0.1, 0.15) is 6.61 Å². The Balaban J connectivity index is 1.37. The third-order valence-corrected chi connectivity index (χ3v) is 8.23. The van der Waals surface area contributed by atoms with Crippen molar-refractivity contribution in [2.45, 2.75) is 13.2 Å². The van der Waals surface area contributed by atoms with Gasteiger partial charge in [-0.2, -0.15) is 0 Å². The Morgan fingerprint density at radius 3 is 2.43 bits per heavy atom. The summed E-state index contributed by atoms with van der Waals surface area (Å²) in [5, 5.41) is 1.99. The van der Waals surface area contributed by atoms with Crippen LogP contribution in [0.3, 0.4) is 0 Å². The topological polar surface area (TPSA) is 55.8 Å². The number of fused-ring (bicyclic) bond motifs is 1. The van der Waals surface area contributed by atoms with Crippen molar-refractivity contribution in [1.29, 1.82) is 0 Å². The van der Waals surface area contributed by atoms with Crippen LogP contribution in [0.25, 0.3) is 16.8 Å². The third kappa shape index (κ3) is 5.46. The van der Waals surface area contributed by atoms with Gasteiger partial charge in [-0.25, -0.2) is 0 Å². The second-order valence-electron chi connectivity index (χ2n) is 8.32. The molecule has 0 radical (unpaired) electrons. The van der Waals surface area contributed by atoms with E-state index in [1.165, 1.54) is 4.90 Å². The number of imide groups is 1. The number of carbonyl (C=O) groups is 2. The summed E-state index contributed by atoms with van der Waals surface area (Å²) in [5.41, 5.74) is 2.64. The van der Waals surface area contributed by atoms with Crippen LogP contribution in [0.15, 0.2) is 92.7 Å². The highest BCUT2D eigenvalue weighted by Crippen LogP contribution is 2.40. The van der Waals surface area contributed by atoms with Crippen molar-refractivity contribution in [3.05, 3.63) is 109 Å². The van der Waals surface area contributed by atoms with Gasteiger partial charge in [-0.3, -0.25) is 14.5 Å². The maximum atomic E-state index is 13.0. The molecule has 4 aromatic carbocycles. The first-order valence-corrected chi connectivity index (χ1v) is 13.8.